The molecule has 0 radical (unpaired) electrons. The fourth-order valence-corrected chi connectivity index (χ4v) is 4.69. The van der Waals surface area contributed by atoms with Crippen molar-refractivity contribution in [2.24, 2.45) is 17.1 Å². The SMILES string of the molecule is CCCN1CC=C2C(C#N)=C(N)C(C#N)(C#N)[C@H](c3ccc(Cl)cc3[N+](=O)[O-])[C@H]2C1. The van der Waals surface area contributed by atoms with Crippen LogP contribution in [0.25, 0.3) is 0 Å². The molecule has 0 saturated carbocycles. The third kappa shape index (κ3) is 3.19. The maximum absolute atomic E-state index is 11.8. The molecule has 0 spiro atoms. The summed E-state index contributed by atoms with van der Waals surface area (Å²) in [7, 11) is 0. The number of rotatable bonds is 4. The van der Waals surface area contributed by atoms with Crippen LogP contribution in [0.2, 0.25) is 5.02 Å². The predicted molar refractivity (Wildman–Crippen MR) is 110 cm³/mol. The van der Waals surface area contributed by atoms with Crippen molar-refractivity contribution in [2.75, 3.05) is 19.6 Å². The number of allylic oxidation sites excluding steroid dienone is 2. The Morgan fingerprint density at radius 3 is 2.63 bits per heavy atom. The second-order valence-electron chi connectivity index (χ2n) is 7.40. The summed E-state index contributed by atoms with van der Waals surface area (Å²) in [5, 5.41) is 41.9. The van der Waals surface area contributed by atoms with Crippen molar-refractivity contribution in [3.8, 4) is 18.2 Å². The lowest BCUT2D eigenvalue weighted by Gasteiger charge is -2.45. The highest BCUT2D eigenvalue weighted by Gasteiger charge is 2.55. The van der Waals surface area contributed by atoms with Crippen molar-refractivity contribution in [3.63, 3.8) is 0 Å². The lowest BCUT2D eigenvalue weighted by Crippen LogP contribution is -2.48. The van der Waals surface area contributed by atoms with E-state index < -0.39 is 22.2 Å². The van der Waals surface area contributed by atoms with Crippen LogP contribution in [0.1, 0.15) is 24.8 Å². The summed E-state index contributed by atoms with van der Waals surface area (Å²) >= 11 is 5.98. The Hall–Kier alpha value is -3.38. The van der Waals surface area contributed by atoms with Crippen LogP contribution in [0.15, 0.2) is 41.1 Å². The summed E-state index contributed by atoms with van der Waals surface area (Å²) < 4.78 is 0. The number of fused-ring (bicyclic) bond motifs is 1. The standard InChI is InChI=1S/C21H19ClN6O2/c1-2-6-27-7-5-14-16(9-23)20(26)21(11-24,12-25)19(17(14)10-27)15-4-3-13(22)8-18(15)28(29)30/h3-5,8,17,19H,2,6-7,10,26H2,1H3/t17-,19+/m0/s1. The van der Waals surface area contributed by atoms with Gasteiger partial charge in [0.1, 0.15) is 6.07 Å². The van der Waals surface area contributed by atoms with E-state index in [1.54, 1.807) is 0 Å². The lowest BCUT2D eigenvalue weighted by molar-refractivity contribution is -0.385. The van der Waals surface area contributed by atoms with Crippen molar-refractivity contribution in [1.82, 2.24) is 4.90 Å². The fourth-order valence-electron chi connectivity index (χ4n) is 4.52. The van der Waals surface area contributed by atoms with Gasteiger partial charge in [0.15, 0.2) is 5.41 Å². The van der Waals surface area contributed by atoms with Gasteiger partial charge in [-0.3, -0.25) is 15.0 Å². The molecule has 0 fully saturated rings. The minimum Gasteiger partial charge on any atom is -0.399 e. The second kappa shape index (κ2) is 8.16. The zero-order valence-electron chi connectivity index (χ0n) is 16.3. The molecule has 0 amide bonds. The number of hydrogen-bond donors (Lipinski definition) is 1. The number of hydrogen-bond acceptors (Lipinski definition) is 7. The Morgan fingerprint density at radius 1 is 1.37 bits per heavy atom. The molecule has 1 aromatic rings. The first-order valence-corrected chi connectivity index (χ1v) is 9.81. The summed E-state index contributed by atoms with van der Waals surface area (Å²) in [4.78, 5) is 13.4. The van der Waals surface area contributed by atoms with E-state index in [4.69, 9.17) is 17.3 Å². The van der Waals surface area contributed by atoms with Crippen LogP contribution in [0, 0.1) is 55.4 Å². The lowest BCUT2D eigenvalue weighted by atomic mass is 9.58. The first-order chi connectivity index (χ1) is 14.3. The van der Waals surface area contributed by atoms with Gasteiger partial charge in [-0.25, -0.2) is 0 Å². The van der Waals surface area contributed by atoms with Crippen LogP contribution in [0.3, 0.4) is 0 Å². The minimum absolute atomic E-state index is 0.118. The topological polar surface area (TPSA) is 144 Å². The fraction of sp³-hybridized carbons (Fsp3) is 0.381. The zero-order chi connectivity index (χ0) is 22.1. The van der Waals surface area contributed by atoms with Crippen molar-refractivity contribution >= 4 is 17.3 Å². The van der Waals surface area contributed by atoms with Crippen molar-refractivity contribution < 1.29 is 4.92 Å². The van der Waals surface area contributed by atoms with E-state index >= 15 is 0 Å². The molecule has 1 aliphatic heterocycles. The second-order valence-corrected chi connectivity index (χ2v) is 7.83. The van der Waals surface area contributed by atoms with Gasteiger partial charge in [-0.2, -0.15) is 15.8 Å². The first kappa shape index (κ1) is 21.3. The van der Waals surface area contributed by atoms with Crippen molar-refractivity contribution in [3.05, 3.63) is 61.8 Å². The highest BCUT2D eigenvalue weighted by molar-refractivity contribution is 6.30. The molecule has 1 aromatic carbocycles. The molecule has 9 heteroatoms. The van der Waals surface area contributed by atoms with Gasteiger partial charge in [0.05, 0.1) is 28.3 Å². The van der Waals surface area contributed by atoms with Crippen LogP contribution < -0.4 is 5.73 Å². The quantitative estimate of drug-likeness (QED) is 0.578. The summed E-state index contributed by atoms with van der Waals surface area (Å²) in [6.07, 6.45) is 2.77. The van der Waals surface area contributed by atoms with Gasteiger partial charge < -0.3 is 5.73 Å². The van der Waals surface area contributed by atoms with Gasteiger partial charge in [-0.1, -0.05) is 30.7 Å². The number of nitriles is 3. The molecule has 8 nitrogen and oxygen atoms in total. The molecule has 2 N–H and O–H groups in total. The first-order valence-electron chi connectivity index (χ1n) is 9.44. The maximum Gasteiger partial charge on any atom is 0.274 e. The molecular formula is C21H19ClN6O2. The monoisotopic (exact) mass is 422 g/mol. The Kier molecular flexibility index (Phi) is 5.80. The number of halogens is 1. The largest absolute Gasteiger partial charge is 0.399 e. The minimum atomic E-state index is -1.92. The summed E-state index contributed by atoms with van der Waals surface area (Å²) in [6.45, 7) is 3.87. The van der Waals surface area contributed by atoms with E-state index in [9.17, 15) is 25.9 Å². The molecule has 2 atom stereocenters. The number of nitrogens with two attached hydrogens (primary N) is 1. The molecule has 3 rings (SSSR count). The molecular weight excluding hydrogens is 404 g/mol. The predicted octanol–water partition coefficient (Wildman–Crippen LogP) is 3.38. The van der Waals surface area contributed by atoms with E-state index in [1.807, 2.05) is 25.1 Å². The van der Waals surface area contributed by atoms with Gasteiger partial charge in [0.2, 0.25) is 0 Å². The normalized spacial score (nSPS) is 22.8. The van der Waals surface area contributed by atoms with E-state index in [0.29, 0.717) is 18.7 Å². The summed E-state index contributed by atoms with van der Waals surface area (Å²) in [5.74, 6) is -1.40. The summed E-state index contributed by atoms with van der Waals surface area (Å²) in [6, 6.07) is 10.2. The molecule has 0 saturated heterocycles. The van der Waals surface area contributed by atoms with E-state index in [0.717, 1.165) is 13.0 Å². The molecule has 0 aromatic heterocycles. The Balaban J connectivity index is 2.36. The average molecular weight is 423 g/mol. The Bertz CT molecular complexity index is 1070. The van der Waals surface area contributed by atoms with Gasteiger partial charge in [-0.15, -0.1) is 0 Å². The molecule has 1 heterocycles. The number of benzene rings is 1. The molecule has 30 heavy (non-hydrogen) atoms. The van der Waals surface area contributed by atoms with Gasteiger partial charge in [0, 0.05) is 41.6 Å². The molecule has 2 aliphatic rings. The van der Waals surface area contributed by atoms with Crippen LogP contribution in [0.4, 0.5) is 5.69 Å². The Labute approximate surface area is 179 Å². The van der Waals surface area contributed by atoms with Crippen LogP contribution in [-0.2, 0) is 0 Å². The van der Waals surface area contributed by atoms with Crippen LogP contribution in [-0.4, -0.2) is 29.5 Å². The van der Waals surface area contributed by atoms with E-state index in [-0.39, 0.29) is 27.5 Å². The molecule has 0 bridgehead atoms. The number of nitro benzene ring substituents is 1. The zero-order valence-corrected chi connectivity index (χ0v) is 17.1. The number of nitro groups is 1. The molecule has 152 valence electrons. The molecule has 0 unspecified atom stereocenters. The highest BCUT2D eigenvalue weighted by atomic mass is 35.5. The molecule has 1 aliphatic carbocycles. The third-order valence-electron chi connectivity index (χ3n) is 5.80. The highest BCUT2D eigenvalue weighted by Crippen LogP contribution is 2.55. The van der Waals surface area contributed by atoms with E-state index in [1.165, 1.54) is 18.2 Å². The smallest absolute Gasteiger partial charge is 0.274 e. The van der Waals surface area contributed by atoms with Gasteiger partial charge >= 0.3 is 0 Å². The van der Waals surface area contributed by atoms with Gasteiger partial charge in [-0.05, 0) is 24.6 Å². The third-order valence-corrected chi connectivity index (χ3v) is 6.04. The maximum atomic E-state index is 11.8. The average Bonchev–Trinajstić information content (AvgIpc) is 2.73. The van der Waals surface area contributed by atoms with Crippen LogP contribution >= 0.6 is 11.6 Å². The number of nitrogens with zero attached hydrogens (tertiary/aromatic N) is 5. The Morgan fingerprint density at radius 2 is 2.07 bits per heavy atom. The van der Waals surface area contributed by atoms with Crippen molar-refractivity contribution in [2.45, 2.75) is 19.3 Å². The van der Waals surface area contributed by atoms with Gasteiger partial charge in [0.25, 0.3) is 5.69 Å². The summed E-state index contributed by atoms with van der Waals surface area (Å²) in [5.41, 5.74) is 4.85. The van der Waals surface area contributed by atoms with Crippen molar-refractivity contribution in [1.29, 1.82) is 15.8 Å². The van der Waals surface area contributed by atoms with Crippen LogP contribution in [0.5, 0.6) is 0 Å². The van der Waals surface area contributed by atoms with E-state index in [2.05, 4.69) is 11.0 Å².